The van der Waals surface area contributed by atoms with Gasteiger partial charge in [-0.15, -0.1) is 0 Å². The molecule has 0 unspecified atom stereocenters. The molecule has 12 heteroatoms. The molecule has 9 nitrogen and oxygen atoms in total. The highest BCUT2D eigenvalue weighted by Crippen LogP contribution is 2.65. The molecular weight excluding hydrogens is 605 g/mol. The Morgan fingerprint density at radius 1 is 1.19 bits per heavy atom. The second-order valence-electron chi connectivity index (χ2n) is 15.5. The van der Waals surface area contributed by atoms with Gasteiger partial charge in [-0.25, -0.2) is 13.6 Å². The first-order valence-corrected chi connectivity index (χ1v) is 16.9. The highest BCUT2D eigenvalue weighted by molar-refractivity contribution is 6.48. The second-order valence-corrected chi connectivity index (χ2v) is 15.5. The number of ether oxygens (including phenoxy) is 1. The maximum atomic E-state index is 13.9. The van der Waals surface area contributed by atoms with E-state index in [0.717, 1.165) is 18.4 Å². The first-order valence-electron chi connectivity index (χ1n) is 16.9. The van der Waals surface area contributed by atoms with Crippen molar-refractivity contribution in [3.8, 4) is 0 Å². The smallest absolute Gasteiger partial charge is 0.404 e. The Morgan fingerprint density at radius 3 is 2.60 bits per heavy atom. The van der Waals surface area contributed by atoms with E-state index >= 15 is 0 Å². The van der Waals surface area contributed by atoms with Crippen LogP contribution in [0.25, 0.3) is 4.85 Å². The van der Waals surface area contributed by atoms with E-state index in [4.69, 9.17) is 20.6 Å². The first-order chi connectivity index (χ1) is 22.1. The van der Waals surface area contributed by atoms with Gasteiger partial charge in [0.2, 0.25) is 11.6 Å². The normalized spacial score (nSPS) is 32.3. The molecule has 1 aromatic rings. The number of carbonyl (C=O) groups is 2. The Kier molecular flexibility index (Phi) is 9.09. The number of amides is 2. The number of likely N-dealkylation sites (tertiary alicyclic amines) is 1. The molecule has 7 rings (SSSR count). The van der Waals surface area contributed by atoms with Crippen LogP contribution in [0.3, 0.4) is 0 Å². The minimum atomic E-state index is -2.78. The number of hydrogen-bond donors (Lipinski definition) is 1. The van der Waals surface area contributed by atoms with Crippen LogP contribution in [0.2, 0.25) is 0 Å². The minimum Gasteiger partial charge on any atom is -0.404 e. The monoisotopic (exact) mass is 652 g/mol. The van der Waals surface area contributed by atoms with Gasteiger partial charge in [-0.2, -0.15) is 0 Å². The van der Waals surface area contributed by atoms with Crippen LogP contribution in [0.4, 0.5) is 8.78 Å². The summed E-state index contributed by atoms with van der Waals surface area (Å²) < 4.78 is 47.0. The summed E-state index contributed by atoms with van der Waals surface area (Å²) in [7, 11) is -0.597. The van der Waals surface area contributed by atoms with Crippen molar-refractivity contribution in [2.75, 3.05) is 32.8 Å². The zero-order chi connectivity index (χ0) is 33.8. The summed E-state index contributed by atoms with van der Waals surface area (Å²) in [5, 5.41) is 3.18. The molecule has 0 spiro atoms. The van der Waals surface area contributed by atoms with E-state index in [1.54, 1.807) is 18.7 Å². The van der Waals surface area contributed by atoms with Crippen molar-refractivity contribution in [3.63, 3.8) is 0 Å². The van der Waals surface area contributed by atoms with Crippen LogP contribution < -0.4 is 5.32 Å². The number of nitrogens with one attached hydrogen (secondary N) is 1. The van der Waals surface area contributed by atoms with Crippen molar-refractivity contribution in [3.05, 3.63) is 59.1 Å². The molecule has 254 valence electrons. The summed E-state index contributed by atoms with van der Waals surface area (Å²) in [4.78, 5) is 33.6. The zero-order valence-electron chi connectivity index (χ0n) is 28.1. The van der Waals surface area contributed by atoms with Crippen LogP contribution in [0.15, 0.2) is 42.1 Å². The average Bonchev–Trinajstić information content (AvgIpc) is 3.58. The fraction of sp³-hybridized carbons (Fsp3) is 0.686. The molecule has 6 atom stereocenters. The average molecular weight is 653 g/mol. The Bertz CT molecular complexity index is 1430. The molecule has 3 heterocycles. The maximum absolute atomic E-state index is 13.9. The molecule has 0 aromatic heterocycles. The van der Waals surface area contributed by atoms with Crippen LogP contribution in [0, 0.1) is 23.8 Å². The van der Waals surface area contributed by atoms with Crippen LogP contribution in [-0.2, 0) is 30.1 Å². The number of morpholine rings is 1. The summed E-state index contributed by atoms with van der Waals surface area (Å²) in [5.41, 5.74) is -0.174. The lowest BCUT2D eigenvalue weighted by atomic mass is 9.43. The molecule has 6 aliphatic rings. The van der Waals surface area contributed by atoms with Gasteiger partial charge in [-0.1, -0.05) is 50.3 Å². The van der Waals surface area contributed by atoms with Gasteiger partial charge >= 0.3 is 7.12 Å². The number of rotatable bonds is 9. The number of alkyl halides is 2. The maximum Gasteiger partial charge on any atom is 0.482 e. The molecule has 1 N–H and O–H groups in total. The third-order valence-corrected chi connectivity index (χ3v) is 11.6. The molecular formula is C35H47BF2N4O5. The summed E-state index contributed by atoms with van der Waals surface area (Å²) in [6.45, 7) is 18.4. The summed E-state index contributed by atoms with van der Waals surface area (Å²) in [5.74, 6) is -2.93. The van der Waals surface area contributed by atoms with Gasteiger partial charge in [0.1, 0.15) is 0 Å². The molecule has 3 saturated heterocycles. The Morgan fingerprint density at radius 2 is 1.94 bits per heavy atom. The molecule has 0 radical (unpaired) electrons. The Labute approximate surface area is 277 Å². The third-order valence-electron chi connectivity index (χ3n) is 11.6. The fourth-order valence-corrected chi connectivity index (χ4v) is 8.61. The third kappa shape index (κ3) is 6.74. The molecule has 3 saturated carbocycles. The van der Waals surface area contributed by atoms with Gasteiger partial charge < -0.3 is 24.3 Å². The molecule has 2 amide bonds. The SMILES string of the molecule is [C-]#[N+]C(=CC(C)(C)N1CCC(F)(F)C1)C(=O)N1CCO[C@H](CC(=O)N[C@@H](Cc2ccccc2)B2O[C@@H]3C[C@@H]4C[C@@H](C4(C)C)[C@]3(C)O2)C1. The lowest BCUT2D eigenvalue weighted by Crippen LogP contribution is -2.65. The second kappa shape index (κ2) is 12.6. The fourth-order valence-electron chi connectivity index (χ4n) is 8.61. The molecule has 3 aliphatic carbocycles. The molecule has 1 aromatic carbocycles. The van der Waals surface area contributed by atoms with Gasteiger partial charge in [0.05, 0.1) is 49.9 Å². The lowest BCUT2D eigenvalue weighted by Gasteiger charge is -2.64. The van der Waals surface area contributed by atoms with Gasteiger partial charge in [0.15, 0.2) is 0 Å². The number of benzene rings is 1. The Hall–Kier alpha value is -2.85. The van der Waals surface area contributed by atoms with E-state index in [1.807, 2.05) is 30.3 Å². The molecule has 3 aliphatic heterocycles. The van der Waals surface area contributed by atoms with Crippen molar-refractivity contribution in [2.45, 2.75) is 102 Å². The van der Waals surface area contributed by atoms with Crippen LogP contribution >= 0.6 is 0 Å². The van der Waals surface area contributed by atoms with E-state index < -0.39 is 48.7 Å². The van der Waals surface area contributed by atoms with Gasteiger partial charge in [-0.05, 0) is 62.8 Å². The van der Waals surface area contributed by atoms with E-state index in [9.17, 15) is 18.4 Å². The number of hydrogen-bond acceptors (Lipinski definition) is 6. The predicted octanol–water partition coefficient (Wildman–Crippen LogP) is 4.52. The van der Waals surface area contributed by atoms with Gasteiger partial charge in [0, 0.05) is 31.6 Å². The van der Waals surface area contributed by atoms with E-state index in [2.05, 4.69) is 30.9 Å². The zero-order valence-corrected chi connectivity index (χ0v) is 28.1. The van der Waals surface area contributed by atoms with Crippen LogP contribution in [0.1, 0.15) is 65.9 Å². The Balaban J connectivity index is 1.10. The molecule has 47 heavy (non-hydrogen) atoms. The first kappa shape index (κ1) is 34.0. The van der Waals surface area contributed by atoms with E-state index in [-0.39, 0.29) is 62.2 Å². The van der Waals surface area contributed by atoms with Gasteiger partial charge in [0.25, 0.3) is 11.8 Å². The van der Waals surface area contributed by atoms with Crippen molar-refractivity contribution in [1.29, 1.82) is 0 Å². The number of carbonyl (C=O) groups excluding carboxylic acids is 2. The largest absolute Gasteiger partial charge is 0.482 e. The van der Waals surface area contributed by atoms with Crippen LogP contribution in [0.5, 0.6) is 0 Å². The topological polar surface area (TPSA) is 84.7 Å². The van der Waals surface area contributed by atoms with E-state index in [0.29, 0.717) is 18.3 Å². The highest BCUT2D eigenvalue weighted by atomic mass is 19.3. The van der Waals surface area contributed by atoms with E-state index in [1.165, 1.54) is 11.0 Å². The number of nitrogens with zero attached hydrogens (tertiary/aromatic N) is 3. The van der Waals surface area contributed by atoms with Crippen molar-refractivity contribution >= 4 is 18.9 Å². The van der Waals surface area contributed by atoms with Gasteiger partial charge in [-0.3, -0.25) is 14.5 Å². The predicted molar refractivity (Wildman–Crippen MR) is 173 cm³/mol. The number of halogens is 2. The summed E-state index contributed by atoms with van der Waals surface area (Å²) in [6, 6.07) is 9.94. The standard InChI is InChI=1S/C35H47BF2N4O5/c1-32(2,42-13-12-35(37,38)22-42)20-26(39-6)31(44)41-14-15-45-25(21-41)19-30(43)40-29(16-23-10-8-7-9-11-23)36-46-28-18-24-17-27(33(24,3)4)34(28,5)47-36/h7-11,20,24-25,27-29H,12-19,21-22H2,1-5H3,(H,40,43)/t24-,25+,27-,28+,29-,34-/m0/s1. The van der Waals surface area contributed by atoms with Crippen LogP contribution in [-0.4, -0.2) is 96.7 Å². The van der Waals surface area contributed by atoms with Crippen molar-refractivity contribution < 1.29 is 32.4 Å². The molecule has 6 fully saturated rings. The highest BCUT2D eigenvalue weighted by Gasteiger charge is 2.68. The minimum absolute atomic E-state index is 0.0164. The van der Waals surface area contributed by atoms with Crippen molar-refractivity contribution in [2.24, 2.45) is 17.3 Å². The lowest BCUT2D eigenvalue weighted by molar-refractivity contribution is -0.199. The molecule has 2 bridgehead atoms. The quantitative estimate of drug-likeness (QED) is 0.240. The summed E-state index contributed by atoms with van der Waals surface area (Å²) in [6.07, 6.45) is 3.29. The van der Waals surface area contributed by atoms with Crippen molar-refractivity contribution in [1.82, 2.24) is 15.1 Å². The summed E-state index contributed by atoms with van der Waals surface area (Å²) >= 11 is 0.